The highest BCUT2D eigenvalue weighted by atomic mass is 15.1. The van der Waals surface area contributed by atoms with Crippen LogP contribution in [0.25, 0.3) is 0 Å². The maximum Gasteiger partial charge on any atom is 0.0772 e. The first-order valence-corrected chi connectivity index (χ1v) is 5.69. The lowest BCUT2D eigenvalue weighted by Crippen LogP contribution is -2.25. The fraction of sp³-hybridized carbons (Fsp3) is 0.583. The van der Waals surface area contributed by atoms with Gasteiger partial charge in [0.1, 0.15) is 0 Å². The Morgan fingerprint density at radius 3 is 2.80 bits per heavy atom. The van der Waals surface area contributed by atoms with E-state index in [1.807, 2.05) is 12.1 Å². The number of hydrogen-bond donors (Lipinski definition) is 1. The third kappa shape index (κ3) is 3.88. The average molecular weight is 207 g/mol. The van der Waals surface area contributed by atoms with Crippen LogP contribution in [0.3, 0.4) is 0 Å². The summed E-state index contributed by atoms with van der Waals surface area (Å²) in [7, 11) is 0. The number of nitrogen functional groups attached to an aromatic ring is 1. The summed E-state index contributed by atoms with van der Waals surface area (Å²) in [5, 5.41) is 0. The van der Waals surface area contributed by atoms with Crippen molar-refractivity contribution >= 4 is 5.69 Å². The molecule has 84 valence electrons. The first-order chi connectivity index (χ1) is 7.27. The molecule has 0 aliphatic carbocycles. The number of aromatic nitrogens is 1. The first kappa shape index (κ1) is 12.0. The molecule has 0 bridgehead atoms. The normalized spacial score (nSPS) is 10.9. The zero-order valence-corrected chi connectivity index (χ0v) is 9.74. The third-order valence-electron chi connectivity index (χ3n) is 2.57. The molecule has 1 aromatic rings. The summed E-state index contributed by atoms with van der Waals surface area (Å²) in [5.74, 6) is 0. The predicted octanol–water partition coefficient (Wildman–Crippen LogP) is 2.29. The summed E-state index contributed by atoms with van der Waals surface area (Å²) in [6.07, 6.45) is 4.27. The van der Waals surface area contributed by atoms with Crippen LogP contribution < -0.4 is 5.73 Å². The lowest BCUT2D eigenvalue weighted by molar-refractivity contribution is 0.273. The van der Waals surface area contributed by atoms with Crippen molar-refractivity contribution < 1.29 is 0 Å². The predicted molar refractivity (Wildman–Crippen MR) is 64.5 cm³/mol. The Morgan fingerprint density at radius 1 is 1.40 bits per heavy atom. The second kappa shape index (κ2) is 6.40. The van der Waals surface area contributed by atoms with Gasteiger partial charge in [0.05, 0.1) is 11.4 Å². The van der Waals surface area contributed by atoms with E-state index >= 15 is 0 Å². The highest BCUT2D eigenvalue weighted by Crippen LogP contribution is 2.10. The third-order valence-corrected chi connectivity index (χ3v) is 2.57. The Labute approximate surface area is 92.3 Å². The molecule has 0 saturated heterocycles. The number of anilines is 1. The monoisotopic (exact) mass is 207 g/mol. The molecule has 15 heavy (non-hydrogen) atoms. The first-order valence-electron chi connectivity index (χ1n) is 5.69. The van der Waals surface area contributed by atoms with Gasteiger partial charge in [0.25, 0.3) is 0 Å². The fourth-order valence-electron chi connectivity index (χ4n) is 1.53. The maximum atomic E-state index is 5.86. The highest BCUT2D eigenvalue weighted by Gasteiger charge is 2.06. The van der Waals surface area contributed by atoms with Crippen LogP contribution in [-0.2, 0) is 6.54 Å². The zero-order valence-electron chi connectivity index (χ0n) is 9.74. The van der Waals surface area contributed by atoms with Gasteiger partial charge in [-0.25, -0.2) is 0 Å². The molecule has 0 aliphatic rings. The van der Waals surface area contributed by atoms with E-state index in [1.54, 1.807) is 6.20 Å². The molecular weight excluding hydrogens is 186 g/mol. The van der Waals surface area contributed by atoms with Crippen LogP contribution in [0.15, 0.2) is 18.3 Å². The van der Waals surface area contributed by atoms with E-state index in [9.17, 15) is 0 Å². The van der Waals surface area contributed by atoms with Crippen LogP contribution in [0.1, 0.15) is 32.4 Å². The Balaban J connectivity index is 2.54. The van der Waals surface area contributed by atoms with Gasteiger partial charge in [-0.1, -0.05) is 20.3 Å². The molecule has 3 heteroatoms. The van der Waals surface area contributed by atoms with Crippen molar-refractivity contribution in [3.63, 3.8) is 0 Å². The van der Waals surface area contributed by atoms with Crippen LogP contribution in [0.2, 0.25) is 0 Å². The molecule has 0 unspecified atom stereocenters. The Bertz CT molecular complexity index is 286. The molecule has 1 heterocycles. The molecule has 0 amide bonds. The number of nitrogens with zero attached hydrogens (tertiary/aromatic N) is 2. The van der Waals surface area contributed by atoms with Crippen molar-refractivity contribution in [3.8, 4) is 0 Å². The number of unbranched alkanes of at least 4 members (excludes halogenated alkanes) is 1. The smallest absolute Gasteiger partial charge is 0.0772 e. The van der Waals surface area contributed by atoms with E-state index < -0.39 is 0 Å². The van der Waals surface area contributed by atoms with Gasteiger partial charge in [-0.15, -0.1) is 0 Å². The van der Waals surface area contributed by atoms with Gasteiger partial charge >= 0.3 is 0 Å². The number of hydrogen-bond acceptors (Lipinski definition) is 3. The number of pyridine rings is 1. The molecule has 3 nitrogen and oxygen atoms in total. The minimum atomic E-state index is 0.799. The van der Waals surface area contributed by atoms with E-state index in [0.29, 0.717) is 0 Å². The Kier molecular flexibility index (Phi) is 5.12. The summed E-state index contributed by atoms with van der Waals surface area (Å²) in [4.78, 5) is 6.68. The summed E-state index contributed by atoms with van der Waals surface area (Å²) in [5.41, 5.74) is 7.66. The van der Waals surface area contributed by atoms with Gasteiger partial charge in [0.15, 0.2) is 0 Å². The van der Waals surface area contributed by atoms with Gasteiger partial charge in [-0.3, -0.25) is 9.88 Å². The number of rotatable bonds is 6. The van der Waals surface area contributed by atoms with Crippen LogP contribution >= 0.6 is 0 Å². The molecule has 1 aromatic heterocycles. The topological polar surface area (TPSA) is 42.2 Å². The van der Waals surface area contributed by atoms with E-state index in [1.165, 1.54) is 12.8 Å². The molecule has 0 saturated carbocycles. The molecule has 0 radical (unpaired) electrons. The van der Waals surface area contributed by atoms with Crippen molar-refractivity contribution in [2.75, 3.05) is 18.8 Å². The SMILES string of the molecule is CCCCN(CC)Cc1ncccc1N. The Morgan fingerprint density at radius 2 is 2.20 bits per heavy atom. The molecule has 0 aromatic carbocycles. The maximum absolute atomic E-state index is 5.86. The minimum Gasteiger partial charge on any atom is -0.397 e. The second-order valence-corrected chi connectivity index (χ2v) is 3.76. The fourth-order valence-corrected chi connectivity index (χ4v) is 1.53. The average Bonchev–Trinajstić information content (AvgIpc) is 2.26. The largest absolute Gasteiger partial charge is 0.397 e. The van der Waals surface area contributed by atoms with E-state index in [4.69, 9.17) is 5.73 Å². The van der Waals surface area contributed by atoms with E-state index in [2.05, 4.69) is 23.7 Å². The Hall–Kier alpha value is -1.09. The van der Waals surface area contributed by atoms with Crippen LogP contribution in [0.5, 0.6) is 0 Å². The van der Waals surface area contributed by atoms with Crippen LogP contribution in [-0.4, -0.2) is 23.0 Å². The second-order valence-electron chi connectivity index (χ2n) is 3.76. The van der Waals surface area contributed by atoms with E-state index in [-0.39, 0.29) is 0 Å². The highest BCUT2D eigenvalue weighted by molar-refractivity contribution is 5.41. The van der Waals surface area contributed by atoms with Crippen LogP contribution in [0.4, 0.5) is 5.69 Å². The van der Waals surface area contributed by atoms with Crippen molar-refractivity contribution in [1.82, 2.24) is 9.88 Å². The molecule has 2 N–H and O–H groups in total. The van der Waals surface area contributed by atoms with Crippen molar-refractivity contribution in [3.05, 3.63) is 24.0 Å². The molecule has 1 rings (SSSR count). The summed E-state index contributed by atoms with van der Waals surface area (Å²) in [6.45, 7) is 7.43. The minimum absolute atomic E-state index is 0.799. The van der Waals surface area contributed by atoms with Gasteiger partial charge in [0.2, 0.25) is 0 Å². The van der Waals surface area contributed by atoms with Crippen molar-refractivity contribution in [2.45, 2.75) is 33.2 Å². The van der Waals surface area contributed by atoms with Gasteiger partial charge in [-0.05, 0) is 31.6 Å². The van der Waals surface area contributed by atoms with E-state index in [0.717, 1.165) is 31.0 Å². The summed E-state index contributed by atoms with van der Waals surface area (Å²) < 4.78 is 0. The molecule has 0 spiro atoms. The van der Waals surface area contributed by atoms with Gasteiger partial charge < -0.3 is 5.73 Å². The van der Waals surface area contributed by atoms with Crippen molar-refractivity contribution in [2.24, 2.45) is 0 Å². The van der Waals surface area contributed by atoms with Gasteiger partial charge in [-0.2, -0.15) is 0 Å². The molecule has 0 aliphatic heterocycles. The summed E-state index contributed by atoms with van der Waals surface area (Å²) in [6, 6.07) is 3.79. The lowest BCUT2D eigenvalue weighted by atomic mass is 10.2. The lowest BCUT2D eigenvalue weighted by Gasteiger charge is -2.20. The molecular formula is C12H21N3. The van der Waals surface area contributed by atoms with Crippen LogP contribution in [0, 0.1) is 0 Å². The number of nitrogens with two attached hydrogens (primary N) is 1. The molecule has 0 fully saturated rings. The summed E-state index contributed by atoms with van der Waals surface area (Å²) >= 11 is 0. The zero-order chi connectivity index (χ0) is 11.1. The quantitative estimate of drug-likeness (QED) is 0.778. The van der Waals surface area contributed by atoms with Gasteiger partial charge in [0, 0.05) is 12.7 Å². The standard InChI is InChI=1S/C12H21N3/c1-3-5-9-15(4-2)10-12-11(13)7-6-8-14-12/h6-8H,3-5,9-10,13H2,1-2H3. The van der Waals surface area contributed by atoms with Crippen molar-refractivity contribution in [1.29, 1.82) is 0 Å². The molecule has 0 atom stereocenters.